The number of furan rings is 1. The van der Waals surface area contributed by atoms with Crippen LogP contribution < -0.4 is 10.9 Å². The summed E-state index contributed by atoms with van der Waals surface area (Å²) in [7, 11) is 11.5. The predicted octanol–water partition coefficient (Wildman–Crippen LogP) is 1.80. The Morgan fingerprint density at radius 2 is 1.48 bits per heavy atom. The van der Waals surface area contributed by atoms with Gasteiger partial charge in [-0.1, -0.05) is 0 Å². The molecule has 0 saturated carbocycles. The fourth-order valence-corrected chi connectivity index (χ4v) is 4.10. The van der Waals surface area contributed by atoms with E-state index in [1.165, 1.54) is 19.1 Å². The lowest BCUT2D eigenvalue weighted by Gasteiger charge is -2.16. The van der Waals surface area contributed by atoms with Crippen molar-refractivity contribution in [3.05, 3.63) is 38.0 Å². The van der Waals surface area contributed by atoms with Crippen molar-refractivity contribution in [2.24, 2.45) is 0 Å². The van der Waals surface area contributed by atoms with Gasteiger partial charge in [-0.05, 0) is 67.4 Å². The molecular formula is C17H12B2Br2O6. The average Bonchev–Trinajstić information content (AvgIpc) is 3.02. The van der Waals surface area contributed by atoms with E-state index in [0.29, 0.717) is 14.5 Å². The van der Waals surface area contributed by atoms with Crippen LogP contribution in [0, 0.1) is 0 Å². The van der Waals surface area contributed by atoms with Crippen molar-refractivity contribution in [1.29, 1.82) is 0 Å². The van der Waals surface area contributed by atoms with E-state index in [1.54, 1.807) is 0 Å². The number of aliphatic hydroxyl groups excluding tert-OH is 2. The molecule has 0 amide bonds. The van der Waals surface area contributed by atoms with E-state index in [0.717, 1.165) is 0 Å². The molecule has 27 heavy (non-hydrogen) atoms. The minimum absolute atomic E-state index is 0.0217. The average molecular weight is 494 g/mol. The number of phenols is 3. The smallest absolute Gasteiger partial charge is 0.143 e. The summed E-state index contributed by atoms with van der Waals surface area (Å²) in [6, 6.07) is 2.94. The lowest BCUT2D eigenvalue weighted by atomic mass is 9.82. The van der Waals surface area contributed by atoms with Crippen LogP contribution >= 0.6 is 31.9 Å². The highest BCUT2D eigenvalue weighted by Gasteiger charge is 2.30. The molecule has 2 atom stereocenters. The predicted molar refractivity (Wildman–Crippen MR) is 109 cm³/mol. The second-order valence-electron chi connectivity index (χ2n) is 6.02. The van der Waals surface area contributed by atoms with Crippen LogP contribution in [0.3, 0.4) is 0 Å². The molecule has 1 aromatic heterocycles. The number of phenolic OH excluding ortho intramolecular Hbond substituents is 3. The topological polar surface area (TPSA) is 114 Å². The molecule has 3 aromatic rings. The van der Waals surface area contributed by atoms with Gasteiger partial charge in [-0.3, -0.25) is 0 Å². The number of hydrogen-bond acceptors (Lipinski definition) is 6. The Morgan fingerprint density at radius 3 is 2.00 bits per heavy atom. The fourth-order valence-electron chi connectivity index (χ4n) is 2.88. The van der Waals surface area contributed by atoms with Gasteiger partial charge in [-0.25, -0.2) is 0 Å². The summed E-state index contributed by atoms with van der Waals surface area (Å²) in [4.78, 5) is 0. The van der Waals surface area contributed by atoms with E-state index in [4.69, 9.17) is 20.1 Å². The van der Waals surface area contributed by atoms with Gasteiger partial charge in [0.15, 0.2) is 0 Å². The molecule has 10 heteroatoms. The van der Waals surface area contributed by atoms with Crippen molar-refractivity contribution in [3.63, 3.8) is 0 Å². The molecule has 6 nitrogen and oxygen atoms in total. The maximum Gasteiger partial charge on any atom is 0.143 e. The van der Waals surface area contributed by atoms with Gasteiger partial charge in [0, 0.05) is 5.56 Å². The quantitative estimate of drug-likeness (QED) is 0.356. The highest BCUT2D eigenvalue weighted by atomic mass is 79.9. The van der Waals surface area contributed by atoms with Gasteiger partial charge >= 0.3 is 0 Å². The Bertz CT molecular complexity index is 1040. The van der Waals surface area contributed by atoms with Gasteiger partial charge < -0.3 is 29.9 Å². The molecule has 0 aliphatic heterocycles. The molecule has 5 N–H and O–H groups in total. The van der Waals surface area contributed by atoms with E-state index in [-0.39, 0.29) is 39.0 Å². The fraction of sp³-hybridized carbons (Fsp3) is 0.176. The van der Waals surface area contributed by atoms with Crippen LogP contribution in [0.4, 0.5) is 0 Å². The van der Waals surface area contributed by atoms with Crippen molar-refractivity contribution >= 4 is 69.4 Å². The Morgan fingerprint density at radius 1 is 0.926 bits per heavy atom. The van der Waals surface area contributed by atoms with Crippen LogP contribution in [-0.4, -0.2) is 41.2 Å². The van der Waals surface area contributed by atoms with Gasteiger partial charge in [0.05, 0.1) is 14.3 Å². The van der Waals surface area contributed by atoms with E-state index in [2.05, 4.69) is 31.9 Å². The summed E-state index contributed by atoms with van der Waals surface area (Å²) in [5, 5.41) is 51.3. The summed E-state index contributed by atoms with van der Waals surface area (Å²) in [6.07, 6.45) is -2.54. The zero-order valence-corrected chi connectivity index (χ0v) is 17.0. The zero-order valence-electron chi connectivity index (χ0n) is 13.9. The Labute approximate surface area is 173 Å². The second kappa shape index (κ2) is 7.09. The first-order chi connectivity index (χ1) is 12.6. The molecule has 1 heterocycles. The monoisotopic (exact) mass is 492 g/mol. The molecule has 136 valence electrons. The molecule has 2 unspecified atom stereocenters. The molecule has 0 aliphatic rings. The molecule has 0 bridgehead atoms. The van der Waals surface area contributed by atoms with Crippen LogP contribution in [0.2, 0.25) is 0 Å². The van der Waals surface area contributed by atoms with Crippen LogP contribution in [0.25, 0.3) is 11.0 Å². The van der Waals surface area contributed by atoms with Crippen molar-refractivity contribution in [3.8, 4) is 17.2 Å². The van der Waals surface area contributed by atoms with Crippen LogP contribution in [0.5, 0.6) is 17.2 Å². The molecule has 2 aromatic carbocycles. The van der Waals surface area contributed by atoms with Crippen LogP contribution in [-0.2, 0) is 0 Å². The molecule has 0 aliphatic carbocycles. The normalized spacial score (nSPS) is 13.8. The lowest BCUT2D eigenvalue weighted by Crippen LogP contribution is -2.16. The number of halogens is 2. The largest absolute Gasteiger partial charge is 0.509 e. The standard InChI is InChI=1S/C17H12B2Br2O6/c1-4(22)16-8(12(23)5-2-6(20)13(24)7(21)3-5)9-14(25)10(18)15(26)11(19)17(9)27-16/h2-4,12,22-26H,1H3. The Balaban J connectivity index is 2.38. The molecule has 3 rings (SSSR count). The van der Waals surface area contributed by atoms with E-state index in [1.807, 2.05) is 0 Å². The van der Waals surface area contributed by atoms with Crippen LogP contribution in [0.1, 0.15) is 36.0 Å². The molecule has 4 radical (unpaired) electrons. The first-order valence-corrected chi connectivity index (χ1v) is 9.23. The van der Waals surface area contributed by atoms with Crippen molar-refractivity contribution in [1.82, 2.24) is 0 Å². The van der Waals surface area contributed by atoms with Gasteiger partial charge in [-0.2, -0.15) is 0 Å². The number of aromatic hydroxyl groups is 3. The van der Waals surface area contributed by atoms with Crippen molar-refractivity contribution in [2.75, 3.05) is 0 Å². The van der Waals surface area contributed by atoms with Crippen molar-refractivity contribution < 1.29 is 29.9 Å². The summed E-state index contributed by atoms with van der Waals surface area (Å²) >= 11 is 6.37. The molecule has 0 fully saturated rings. The van der Waals surface area contributed by atoms with E-state index < -0.39 is 23.7 Å². The number of aliphatic hydroxyl groups is 2. The third-order valence-corrected chi connectivity index (χ3v) is 5.44. The number of benzene rings is 2. The van der Waals surface area contributed by atoms with E-state index >= 15 is 0 Å². The Hall–Kier alpha value is -1.61. The highest BCUT2D eigenvalue weighted by Crippen LogP contribution is 2.43. The second-order valence-corrected chi connectivity index (χ2v) is 7.73. The Kier molecular flexibility index (Phi) is 5.28. The number of rotatable bonds is 3. The number of fused-ring (bicyclic) bond motifs is 1. The summed E-state index contributed by atoms with van der Waals surface area (Å²) in [5.41, 5.74) is -0.351. The van der Waals surface area contributed by atoms with Crippen molar-refractivity contribution in [2.45, 2.75) is 19.1 Å². The van der Waals surface area contributed by atoms with Gasteiger partial charge in [-0.15, -0.1) is 0 Å². The first kappa shape index (κ1) is 20.1. The van der Waals surface area contributed by atoms with Gasteiger partial charge in [0.25, 0.3) is 0 Å². The summed E-state index contributed by atoms with van der Waals surface area (Å²) < 4.78 is 6.19. The number of hydrogen-bond donors (Lipinski definition) is 5. The lowest BCUT2D eigenvalue weighted by molar-refractivity contribution is 0.160. The zero-order chi connectivity index (χ0) is 20.2. The third-order valence-electron chi connectivity index (χ3n) is 4.23. The maximum atomic E-state index is 11.0. The molecule has 0 spiro atoms. The summed E-state index contributed by atoms with van der Waals surface area (Å²) in [6.45, 7) is 1.41. The molecular weight excluding hydrogens is 482 g/mol. The summed E-state index contributed by atoms with van der Waals surface area (Å²) in [5.74, 6) is -1.19. The third kappa shape index (κ3) is 3.14. The minimum atomic E-state index is -1.38. The van der Waals surface area contributed by atoms with E-state index in [9.17, 15) is 25.5 Å². The first-order valence-electron chi connectivity index (χ1n) is 7.65. The SMILES string of the molecule is [B]c1c(O)c([B])c2oc(C(C)O)c(C(O)c3cc(Br)c(O)c(Br)c3)c2c1O. The van der Waals surface area contributed by atoms with Gasteiger partial charge in [0.2, 0.25) is 0 Å². The molecule has 0 saturated heterocycles. The minimum Gasteiger partial charge on any atom is -0.509 e. The highest BCUT2D eigenvalue weighted by molar-refractivity contribution is 9.11. The van der Waals surface area contributed by atoms with Crippen LogP contribution in [0.15, 0.2) is 25.5 Å². The van der Waals surface area contributed by atoms with Gasteiger partial charge in [0.1, 0.15) is 56.5 Å². The maximum absolute atomic E-state index is 11.0.